The second-order valence-electron chi connectivity index (χ2n) is 7.67. The molecule has 0 aliphatic carbocycles. The number of imidazole rings is 1. The predicted octanol–water partition coefficient (Wildman–Crippen LogP) is 4.41. The maximum Gasteiger partial charge on any atom is 0.390 e. The van der Waals surface area contributed by atoms with Gasteiger partial charge in [-0.1, -0.05) is 6.92 Å². The number of rotatable bonds is 5. The number of alkyl halides is 3. The largest absolute Gasteiger partial charge is 0.390 e. The van der Waals surface area contributed by atoms with Crippen LogP contribution in [0.4, 0.5) is 27.8 Å². The van der Waals surface area contributed by atoms with Crippen LogP contribution in [0.2, 0.25) is 0 Å². The van der Waals surface area contributed by atoms with E-state index in [1.807, 2.05) is 6.92 Å². The fourth-order valence-corrected chi connectivity index (χ4v) is 4.05. The van der Waals surface area contributed by atoms with Crippen LogP contribution in [-0.4, -0.2) is 47.0 Å². The minimum Gasteiger partial charge on any atom is -0.344 e. The average molecular weight is 476 g/mol. The minimum atomic E-state index is -4.36. The first kappa shape index (κ1) is 21.9. The van der Waals surface area contributed by atoms with Crippen LogP contribution in [-0.2, 0) is 0 Å². The molecular formula is C21H17F5N8. The van der Waals surface area contributed by atoms with Crippen LogP contribution in [0.5, 0.6) is 0 Å². The molecule has 1 aliphatic rings. The van der Waals surface area contributed by atoms with Crippen molar-refractivity contribution in [3.05, 3.63) is 60.6 Å². The van der Waals surface area contributed by atoms with E-state index in [4.69, 9.17) is 0 Å². The number of benzene rings is 1. The molecule has 1 aliphatic heterocycles. The Labute approximate surface area is 189 Å². The molecule has 8 nitrogen and oxygen atoms in total. The maximum absolute atomic E-state index is 14.4. The van der Waals surface area contributed by atoms with Gasteiger partial charge in [0.25, 0.3) is 0 Å². The molecule has 0 amide bonds. The number of anilines is 1. The zero-order chi connectivity index (χ0) is 24.0. The molecular weight excluding hydrogens is 459 g/mol. The lowest BCUT2D eigenvalue weighted by Gasteiger charge is -2.37. The van der Waals surface area contributed by atoms with Gasteiger partial charge in [-0.2, -0.15) is 18.2 Å². The van der Waals surface area contributed by atoms with Crippen molar-refractivity contribution in [1.82, 2.24) is 34.3 Å². The molecule has 5 rings (SSSR count). The molecule has 4 aromatic rings. The third-order valence-corrected chi connectivity index (χ3v) is 5.57. The van der Waals surface area contributed by atoms with Crippen LogP contribution in [0.3, 0.4) is 0 Å². The van der Waals surface area contributed by atoms with Crippen LogP contribution in [0.1, 0.15) is 31.6 Å². The Morgan fingerprint density at radius 1 is 1.09 bits per heavy atom. The Morgan fingerprint density at radius 3 is 2.65 bits per heavy atom. The lowest BCUT2D eigenvalue weighted by Crippen LogP contribution is -2.38. The molecule has 0 saturated heterocycles. The monoisotopic (exact) mass is 476 g/mol. The van der Waals surface area contributed by atoms with Crippen molar-refractivity contribution < 1.29 is 22.0 Å². The summed E-state index contributed by atoms with van der Waals surface area (Å²) < 4.78 is 70.1. The molecule has 0 radical (unpaired) electrons. The van der Waals surface area contributed by atoms with Gasteiger partial charge in [0.15, 0.2) is 11.6 Å². The number of hydrogen-bond donors (Lipinski definition) is 0. The molecule has 0 N–H and O–H groups in total. The van der Waals surface area contributed by atoms with Gasteiger partial charge in [-0.15, -0.1) is 10.2 Å². The fraction of sp³-hybridized carbons (Fsp3) is 0.286. The fourth-order valence-electron chi connectivity index (χ4n) is 4.05. The normalized spacial score (nSPS) is 15.4. The van der Waals surface area contributed by atoms with E-state index in [1.54, 1.807) is 4.57 Å². The molecule has 0 unspecified atom stereocenters. The van der Waals surface area contributed by atoms with Crippen LogP contribution in [0.25, 0.3) is 23.0 Å². The van der Waals surface area contributed by atoms with Crippen LogP contribution < -0.4 is 4.90 Å². The molecule has 0 bridgehead atoms. The van der Waals surface area contributed by atoms with Crippen molar-refractivity contribution in [3.63, 3.8) is 0 Å². The van der Waals surface area contributed by atoms with Crippen LogP contribution in [0.15, 0.2) is 43.1 Å². The number of halogens is 5. The van der Waals surface area contributed by atoms with Crippen molar-refractivity contribution in [1.29, 1.82) is 0 Å². The highest BCUT2D eigenvalue weighted by Gasteiger charge is 2.37. The third kappa shape index (κ3) is 3.76. The van der Waals surface area contributed by atoms with Gasteiger partial charge in [-0.05, 0) is 18.6 Å². The Kier molecular flexibility index (Phi) is 5.25. The predicted molar refractivity (Wildman–Crippen MR) is 110 cm³/mol. The first-order valence-corrected chi connectivity index (χ1v) is 10.4. The molecule has 0 saturated carbocycles. The molecule has 4 heterocycles. The topological polar surface area (TPSA) is 77.5 Å². The summed E-state index contributed by atoms with van der Waals surface area (Å²) in [6.07, 6.45) is 0.843. The molecule has 1 atom stereocenters. The van der Waals surface area contributed by atoms with Gasteiger partial charge >= 0.3 is 6.18 Å². The second-order valence-corrected chi connectivity index (χ2v) is 7.67. The summed E-state index contributed by atoms with van der Waals surface area (Å²) in [5.74, 6) is -0.624. The van der Waals surface area contributed by atoms with E-state index >= 15 is 0 Å². The van der Waals surface area contributed by atoms with E-state index in [9.17, 15) is 22.0 Å². The zero-order valence-corrected chi connectivity index (χ0v) is 17.7. The van der Waals surface area contributed by atoms with E-state index in [2.05, 4.69) is 25.1 Å². The standard InChI is InChI=1S/C21H17F5N8/c1-2-15-19-31-29-11-34(19)16-10-28-20(30-18(16)32(15)7-5-21(24,25)26)33-8-6-27-17(33)13-4-3-12(22)9-14(13)23/h3-4,6,8-11,15H,2,5,7H2,1H3/t15-/m1/s1. The summed E-state index contributed by atoms with van der Waals surface area (Å²) in [5.41, 5.74) is 0.444. The summed E-state index contributed by atoms with van der Waals surface area (Å²) in [5, 5.41) is 8.00. The Hall–Kier alpha value is -3.90. The number of fused-ring (bicyclic) bond motifs is 3. The van der Waals surface area contributed by atoms with Gasteiger partial charge in [-0.25, -0.2) is 18.7 Å². The van der Waals surface area contributed by atoms with Crippen molar-refractivity contribution >= 4 is 5.82 Å². The van der Waals surface area contributed by atoms with Crippen molar-refractivity contribution in [3.8, 4) is 23.0 Å². The summed E-state index contributed by atoms with van der Waals surface area (Å²) in [4.78, 5) is 14.6. The van der Waals surface area contributed by atoms with E-state index in [-0.39, 0.29) is 29.7 Å². The van der Waals surface area contributed by atoms with Crippen LogP contribution >= 0.6 is 0 Å². The first-order chi connectivity index (χ1) is 16.3. The van der Waals surface area contributed by atoms with E-state index < -0.39 is 30.3 Å². The third-order valence-electron chi connectivity index (χ3n) is 5.57. The highest BCUT2D eigenvalue weighted by atomic mass is 19.4. The van der Waals surface area contributed by atoms with E-state index in [0.29, 0.717) is 17.9 Å². The highest BCUT2D eigenvalue weighted by molar-refractivity contribution is 5.63. The highest BCUT2D eigenvalue weighted by Crippen LogP contribution is 2.39. The van der Waals surface area contributed by atoms with Gasteiger partial charge in [0.1, 0.15) is 29.5 Å². The summed E-state index contributed by atoms with van der Waals surface area (Å²) in [6, 6.07) is 2.59. The molecule has 1 aromatic carbocycles. The van der Waals surface area contributed by atoms with Gasteiger partial charge in [-0.3, -0.25) is 9.13 Å². The number of hydrogen-bond acceptors (Lipinski definition) is 6. The molecule has 34 heavy (non-hydrogen) atoms. The van der Waals surface area contributed by atoms with E-state index in [0.717, 1.165) is 12.1 Å². The van der Waals surface area contributed by atoms with E-state index in [1.165, 1.54) is 40.5 Å². The SMILES string of the molecule is CC[C@@H]1c2nncn2-c2cnc(-n3ccnc3-c3ccc(F)cc3F)nc2N1CCC(F)(F)F. The molecule has 0 spiro atoms. The first-order valence-electron chi connectivity index (χ1n) is 10.4. The lowest BCUT2D eigenvalue weighted by molar-refractivity contribution is -0.132. The Morgan fingerprint density at radius 2 is 1.91 bits per heavy atom. The Bertz CT molecular complexity index is 1350. The Balaban J connectivity index is 1.63. The molecule has 3 aromatic heterocycles. The summed E-state index contributed by atoms with van der Waals surface area (Å²) >= 11 is 0. The average Bonchev–Trinajstić information content (AvgIpc) is 3.46. The van der Waals surface area contributed by atoms with Crippen LogP contribution in [0, 0.1) is 11.6 Å². The molecule has 0 fully saturated rings. The summed E-state index contributed by atoms with van der Waals surface area (Å²) in [6.45, 7) is 1.49. The maximum atomic E-state index is 14.4. The second kappa shape index (κ2) is 8.15. The number of nitrogens with zero attached hydrogens (tertiary/aromatic N) is 8. The quantitative estimate of drug-likeness (QED) is 0.397. The molecule has 13 heteroatoms. The van der Waals surface area contributed by atoms with Crippen molar-refractivity contribution in [2.45, 2.75) is 32.0 Å². The number of aromatic nitrogens is 7. The molecule has 176 valence electrons. The zero-order valence-electron chi connectivity index (χ0n) is 17.7. The van der Waals surface area contributed by atoms with Crippen molar-refractivity contribution in [2.24, 2.45) is 0 Å². The smallest absolute Gasteiger partial charge is 0.344 e. The van der Waals surface area contributed by atoms with Gasteiger partial charge in [0.2, 0.25) is 5.95 Å². The minimum absolute atomic E-state index is 0.0224. The summed E-state index contributed by atoms with van der Waals surface area (Å²) in [7, 11) is 0. The van der Waals surface area contributed by atoms with Gasteiger partial charge in [0.05, 0.1) is 24.2 Å². The van der Waals surface area contributed by atoms with Gasteiger partial charge < -0.3 is 4.90 Å². The lowest BCUT2D eigenvalue weighted by atomic mass is 10.1. The van der Waals surface area contributed by atoms with Gasteiger partial charge in [0, 0.05) is 25.0 Å². The van der Waals surface area contributed by atoms with Crippen molar-refractivity contribution in [2.75, 3.05) is 11.4 Å².